The summed E-state index contributed by atoms with van der Waals surface area (Å²) in [6, 6.07) is 9.33. The first-order valence-corrected chi connectivity index (χ1v) is 8.02. The number of benzene rings is 2. The van der Waals surface area contributed by atoms with Crippen LogP contribution in [0.3, 0.4) is 0 Å². The molecule has 0 aliphatic rings. The van der Waals surface area contributed by atoms with Crippen molar-refractivity contribution in [1.29, 1.82) is 0 Å². The molecule has 0 amide bonds. The Morgan fingerprint density at radius 2 is 1.80 bits per heavy atom. The first-order chi connectivity index (χ1) is 9.52. The molecule has 2 aromatic carbocycles. The second-order valence-corrected chi connectivity index (χ2v) is 6.33. The van der Waals surface area contributed by atoms with E-state index in [-0.39, 0.29) is 0 Å². The molecule has 1 nitrogen and oxygen atoms in total. The van der Waals surface area contributed by atoms with Gasteiger partial charge in [0.1, 0.15) is 12.4 Å². The topological polar surface area (TPSA) is 9.23 Å². The molecule has 0 aliphatic carbocycles. The highest BCUT2D eigenvalue weighted by molar-refractivity contribution is 9.10. The van der Waals surface area contributed by atoms with Crippen LogP contribution in [0, 0.1) is 6.92 Å². The van der Waals surface area contributed by atoms with Gasteiger partial charge in [0, 0.05) is 25.6 Å². The summed E-state index contributed by atoms with van der Waals surface area (Å²) in [4.78, 5) is 0. The Hall–Kier alpha value is -0.410. The van der Waals surface area contributed by atoms with E-state index in [1.54, 1.807) is 12.1 Å². The van der Waals surface area contributed by atoms with Crippen LogP contribution < -0.4 is 4.74 Å². The normalized spacial score (nSPS) is 10.7. The largest absolute Gasteiger partial charge is 0.488 e. The lowest BCUT2D eigenvalue weighted by Crippen LogP contribution is -2.01. The Kier molecular flexibility index (Phi) is 5.62. The third kappa shape index (κ3) is 3.62. The van der Waals surface area contributed by atoms with E-state index in [9.17, 15) is 0 Å². The lowest BCUT2D eigenvalue weighted by molar-refractivity contribution is 0.302. The molecular weight excluding hydrogens is 382 g/mol. The summed E-state index contributed by atoms with van der Waals surface area (Å²) in [6.07, 6.45) is 0. The van der Waals surface area contributed by atoms with E-state index >= 15 is 0 Å². The molecule has 0 atom stereocenters. The zero-order valence-corrected chi connectivity index (χ0v) is 14.6. The molecule has 0 heterocycles. The third-order valence-electron chi connectivity index (χ3n) is 2.88. The summed E-state index contributed by atoms with van der Waals surface area (Å²) < 4.78 is 6.87. The molecule has 0 saturated carbocycles. The Balaban J connectivity index is 2.27. The van der Waals surface area contributed by atoms with E-state index in [0.717, 1.165) is 26.9 Å². The molecule has 0 saturated heterocycles. The van der Waals surface area contributed by atoms with Gasteiger partial charge in [0.25, 0.3) is 0 Å². The van der Waals surface area contributed by atoms with E-state index in [1.165, 1.54) is 0 Å². The van der Waals surface area contributed by atoms with Crippen LogP contribution in [-0.2, 0) is 12.5 Å². The monoisotopic (exact) mass is 392 g/mol. The maximum Gasteiger partial charge on any atom is 0.127 e. The van der Waals surface area contributed by atoms with Gasteiger partial charge in [0.2, 0.25) is 0 Å². The number of aryl methyl sites for hydroxylation is 1. The first-order valence-electron chi connectivity index (χ1n) is 5.93. The highest BCUT2D eigenvalue weighted by atomic mass is 79.9. The van der Waals surface area contributed by atoms with Gasteiger partial charge in [-0.3, -0.25) is 0 Å². The maximum atomic E-state index is 6.14. The van der Waals surface area contributed by atoms with Gasteiger partial charge in [-0.15, -0.1) is 11.6 Å². The predicted octanol–water partition coefficient (Wildman–Crippen LogP) is 6.38. The summed E-state index contributed by atoms with van der Waals surface area (Å²) in [7, 11) is 0. The number of hydrogen-bond donors (Lipinski definition) is 0. The molecule has 106 valence electrons. The zero-order valence-electron chi connectivity index (χ0n) is 10.7. The number of ether oxygens (including phenoxy) is 1. The molecule has 2 rings (SSSR count). The van der Waals surface area contributed by atoms with Crippen molar-refractivity contribution in [3.8, 4) is 5.75 Å². The van der Waals surface area contributed by atoms with E-state index in [1.807, 2.05) is 25.1 Å². The second-order valence-electron chi connectivity index (χ2n) is 4.33. The van der Waals surface area contributed by atoms with Crippen molar-refractivity contribution >= 4 is 50.7 Å². The van der Waals surface area contributed by atoms with Crippen molar-refractivity contribution in [3.63, 3.8) is 0 Å². The fourth-order valence-corrected chi connectivity index (χ4v) is 3.24. The predicted molar refractivity (Wildman–Crippen MR) is 89.2 cm³/mol. The molecule has 0 N–H and O–H groups in total. The third-order valence-corrected chi connectivity index (χ3v) is 4.34. The maximum absolute atomic E-state index is 6.14. The van der Waals surface area contributed by atoms with Gasteiger partial charge in [-0.05, 0) is 36.8 Å². The Bertz CT molecular complexity index is 609. The summed E-state index contributed by atoms with van der Waals surface area (Å²) in [5.41, 5.74) is 2.72. The Labute approximate surface area is 141 Å². The number of alkyl halides is 1. The number of rotatable bonds is 4. The molecule has 0 radical (unpaired) electrons. The number of halogens is 4. The van der Waals surface area contributed by atoms with Gasteiger partial charge < -0.3 is 4.74 Å². The van der Waals surface area contributed by atoms with E-state index in [2.05, 4.69) is 15.9 Å². The molecule has 20 heavy (non-hydrogen) atoms. The zero-order chi connectivity index (χ0) is 14.7. The minimum Gasteiger partial charge on any atom is -0.488 e. The number of hydrogen-bond acceptors (Lipinski definition) is 1. The molecule has 0 bridgehead atoms. The minimum absolute atomic E-state index is 0.310. The smallest absolute Gasteiger partial charge is 0.127 e. The molecule has 0 unspecified atom stereocenters. The Morgan fingerprint density at radius 3 is 2.40 bits per heavy atom. The lowest BCUT2D eigenvalue weighted by atomic mass is 10.1. The standard InChI is InChI=1S/C15H12BrCl3O/c1-9-5-11(16)6-10(7-17)15(9)20-8-12-13(18)3-2-4-14(12)19/h2-6H,7-8H2,1H3. The molecule has 0 fully saturated rings. The summed E-state index contributed by atoms with van der Waals surface area (Å²) >= 11 is 21.7. The fourth-order valence-electron chi connectivity index (χ4n) is 1.92. The molecule has 0 aromatic heterocycles. The van der Waals surface area contributed by atoms with Crippen LogP contribution in [0.25, 0.3) is 0 Å². The highest BCUT2D eigenvalue weighted by Crippen LogP contribution is 2.32. The van der Waals surface area contributed by atoms with Crippen molar-refractivity contribution in [1.82, 2.24) is 0 Å². The summed E-state index contributed by atoms with van der Waals surface area (Å²) in [5, 5.41) is 1.19. The molecule has 5 heteroatoms. The van der Waals surface area contributed by atoms with Crippen LogP contribution in [-0.4, -0.2) is 0 Å². The van der Waals surface area contributed by atoms with Gasteiger partial charge in [-0.2, -0.15) is 0 Å². The average molecular weight is 395 g/mol. The summed E-state index contributed by atoms with van der Waals surface area (Å²) in [5.74, 6) is 1.16. The van der Waals surface area contributed by atoms with Gasteiger partial charge in [0.15, 0.2) is 0 Å². The van der Waals surface area contributed by atoms with Crippen LogP contribution in [0.5, 0.6) is 5.75 Å². The fraction of sp³-hybridized carbons (Fsp3) is 0.200. The second kappa shape index (κ2) is 7.04. The van der Waals surface area contributed by atoms with E-state index in [0.29, 0.717) is 22.5 Å². The quantitative estimate of drug-likeness (QED) is 0.547. The van der Waals surface area contributed by atoms with Crippen LogP contribution in [0.2, 0.25) is 10.0 Å². The van der Waals surface area contributed by atoms with Gasteiger partial charge in [0.05, 0.1) is 5.88 Å². The van der Waals surface area contributed by atoms with Crippen LogP contribution >= 0.6 is 50.7 Å². The van der Waals surface area contributed by atoms with Gasteiger partial charge in [-0.25, -0.2) is 0 Å². The Morgan fingerprint density at radius 1 is 1.15 bits per heavy atom. The first kappa shape index (κ1) is 16.0. The lowest BCUT2D eigenvalue weighted by Gasteiger charge is -2.15. The van der Waals surface area contributed by atoms with Crippen molar-refractivity contribution in [2.75, 3.05) is 0 Å². The van der Waals surface area contributed by atoms with Crippen molar-refractivity contribution in [2.45, 2.75) is 19.4 Å². The van der Waals surface area contributed by atoms with E-state index in [4.69, 9.17) is 39.5 Å². The van der Waals surface area contributed by atoms with Gasteiger partial charge in [-0.1, -0.05) is 45.2 Å². The molecule has 0 aliphatic heterocycles. The van der Waals surface area contributed by atoms with Crippen LogP contribution in [0.1, 0.15) is 16.7 Å². The molecule has 2 aromatic rings. The minimum atomic E-state index is 0.310. The van der Waals surface area contributed by atoms with Gasteiger partial charge >= 0.3 is 0 Å². The SMILES string of the molecule is Cc1cc(Br)cc(CCl)c1OCc1c(Cl)cccc1Cl. The highest BCUT2D eigenvalue weighted by Gasteiger charge is 2.11. The summed E-state index contributed by atoms with van der Waals surface area (Å²) in [6.45, 7) is 2.29. The van der Waals surface area contributed by atoms with Crippen molar-refractivity contribution in [2.24, 2.45) is 0 Å². The molecular formula is C15H12BrCl3O. The van der Waals surface area contributed by atoms with Crippen molar-refractivity contribution < 1.29 is 4.74 Å². The average Bonchev–Trinajstić information content (AvgIpc) is 2.39. The van der Waals surface area contributed by atoms with Crippen LogP contribution in [0.15, 0.2) is 34.8 Å². The van der Waals surface area contributed by atoms with Crippen molar-refractivity contribution in [3.05, 3.63) is 61.5 Å². The van der Waals surface area contributed by atoms with E-state index < -0.39 is 0 Å². The van der Waals surface area contributed by atoms with Crippen LogP contribution in [0.4, 0.5) is 0 Å². The molecule has 0 spiro atoms.